The summed E-state index contributed by atoms with van der Waals surface area (Å²) in [6.07, 6.45) is 5.21. The molecule has 3 aromatic heterocycles. The van der Waals surface area contributed by atoms with Gasteiger partial charge in [-0.15, -0.1) is 0 Å². The third kappa shape index (κ3) is 3.82. The van der Waals surface area contributed by atoms with E-state index >= 15 is 0 Å². The largest absolute Gasteiger partial charge is 0.489 e. The molecule has 0 aliphatic rings. The first-order valence-corrected chi connectivity index (χ1v) is 9.16. The summed E-state index contributed by atoms with van der Waals surface area (Å²) in [4.78, 5) is 9.04. The minimum absolute atomic E-state index is 0.263. The predicted octanol–water partition coefficient (Wildman–Crippen LogP) is 3.86. The van der Waals surface area contributed by atoms with Crippen LogP contribution in [0.4, 0.5) is 5.82 Å². The van der Waals surface area contributed by atoms with Crippen LogP contribution in [0.2, 0.25) is 0 Å². The Labute approximate surface area is 163 Å². The number of nitrogens with zero attached hydrogens (tertiary/aromatic N) is 3. The van der Waals surface area contributed by atoms with Crippen LogP contribution in [-0.4, -0.2) is 39.2 Å². The number of ether oxygens (including phenoxy) is 1. The highest BCUT2D eigenvalue weighted by molar-refractivity contribution is 5.70. The normalized spacial score (nSPS) is 12.1. The van der Waals surface area contributed by atoms with Crippen molar-refractivity contribution in [3.63, 3.8) is 0 Å². The van der Waals surface area contributed by atoms with Crippen molar-refractivity contribution >= 4 is 11.5 Å². The molecule has 28 heavy (non-hydrogen) atoms. The zero-order chi connectivity index (χ0) is 19.5. The molecule has 0 spiro atoms. The van der Waals surface area contributed by atoms with Gasteiger partial charge < -0.3 is 19.6 Å². The third-order valence-electron chi connectivity index (χ3n) is 4.45. The van der Waals surface area contributed by atoms with Gasteiger partial charge in [0.15, 0.2) is 0 Å². The van der Waals surface area contributed by atoms with Crippen molar-refractivity contribution < 1.29 is 9.84 Å². The van der Waals surface area contributed by atoms with Crippen molar-refractivity contribution in [3.8, 4) is 28.1 Å². The molecule has 0 amide bonds. The zero-order valence-electron chi connectivity index (χ0n) is 15.8. The fraction of sp³-hybridized carbons (Fsp3) is 0.182. The van der Waals surface area contributed by atoms with Crippen LogP contribution in [-0.2, 0) is 0 Å². The summed E-state index contributed by atoms with van der Waals surface area (Å²) in [6, 6.07) is 16.1. The first-order valence-electron chi connectivity index (χ1n) is 9.16. The summed E-state index contributed by atoms with van der Waals surface area (Å²) in [7, 11) is 1.86. The Hall–Kier alpha value is -3.38. The van der Waals surface area contributed by atoms with Crippen molar-refractivity contribution in [1.29, 1.82) is 0 Å². The second kappa shape index (κ2) is 7.70. The minimum Gasteiger partial charge on any atom is -0.489 e. The molecule has 0 fully saturated rings. The van der Waals surface area contributed by atoms with Gasteiger partial charge in [0.05, 0.1) is 18.0 Å². The molecule has 1 aromatic carbocycles. The Balaban J connectivity index is 1.57. The molecule has 6 heteroatoms. The Bertz CT molecular complexity index is 1070. The Morgan fingerprint density at radius 1 is 1.00 bits per heavy atom. The van der Waals surface area contributed by atoms with Crippen LogP contribution in [0.3, 0.4) is 0 Å². The SMILES string of the molecule is CNc1ccc(-c2ccc(-c3cn4cc(OC[C@H](C)O)ccc4n3)cc2)cn1. The predicted molar refractivity (Wildman–Crippen MR) is 111 cm³/mol. The lowest BCUT2D eigenvalue weighted by Gasteiger charge is -2.07. The number of aliphatic hydroxyl groups excluding tert-OH is 1. The minimum atomic E-state index is -0.503. The Morgan fingerprint density at radius 3 is 2.43 bits per heavy atom. The van der Waals surface area contributed by atoms with Gasteiger partial charge in [-0.1, -0.05) is 24.3 Å². The summed E-state index contributed by atoms with van der Waals surface area (Å²) >= 11 is 0. The maximum Gasteiger partial charge on any atom is 0.137 e. The number of pyridine rings is 2. The topological polar surface area (TPSA) is 71.7 Å². The molecule has 0 saturated carbocycles. The van der Waals surface area contributed by atoms with Crippen LogP contribution >= 0.6 is 0 Å². The number of fused-ring (bicyclic) bond motifs is 1. The van der Waals surface area contributed by atoms with Crippen LogP contribution in [0.25, 0.3) is 28.0 Å². The molecule has 2 N–H and O–H groups in total. The van der Waals surface area contributed by atoms with Gasteiger partial charge in [0.2, 0.25) is 0 Å². The summed E-state index contributed by atoms with van der Waals surface area (Å²) in [5.41, 5.74) is 4.95. The van der Waals surface area contributed by atoms with E-state index in [4.69, 9.17) is 4.74 Å². The van der Waals surface area contributed by atoms with Crippen LogP contribution in [0.1, 0.15) is 6.92 Å². The van der Waals surface area contributed by atoms with Crippen molar-refractivity contribution in [2.24, 2.45) is 0 Å². The highest BCUT2D eigenvalue weighted by Crippen LogP contribution is 2.25. The van der Waals surface area contributed by atoms with Gasteiger partial charge in [-0.2, -0.15) is 0 Å². The first-order chi connectivity index (χ1) is 13.6. The molecule has 4 rings (SSSR count). The highest BCUT2D eigenvalue weighted by atomic mass is 16.5. The van der Waals surface area contributed by atoms with Gasteiger partial charge >= 0.3 is 0 Å². The van der Waals surface area contributed by atoms with Crippen molar-refractivity contribution in [1.82, 2.24) is 14.4 Å². The molecule has 0 unspecified atom stereocenters. The lowest BCUT2D eigenvalue weighted by molar-refractivity contribution is 0.122. The van der Waals surface area contributed by atoms with Crippen LogP contribution in [0.5, 0.6) is 5.75 Å². The van der Waals surface area contributed by atoms with Crippen LogP contribution < -0.4 is 10.1 Å². The lowest BCUT2D eigenvalue weighted by Crippen LogP contribution is -2.12. The molecular formula is C22H22N4O2. The van der Waals surface area contributed by atoms with E-state index in [9.17, 15) is 5.11 Å². The van der Waals surface area contributed by atoms with E-state index in [1.807, 2.05) is 54.3 Å². The zero-order valence-corrected chi connectivity index (χ0v) is 15.8. The number of rotatable bonds is 6. The highest BCUT2D eigenvalue weighted by Gasteiger charge is 2.07. The molecule has 0 aliphatic heterocycles. The summed E-state index contributed by atoms with van der Waals surface area (Å²) in [5, 5.41) is 12.4. The second-order valence-corrected chi connectivity index (χ2v) is 6.68. The average molecular weight is 374 g/mol. The van der Waals surface area contributed by atoms with Gasteiger partial charge in [0.25, 0.3) is 0 Å². The molecule has 142 valence electrons. The monoisotopic (exact) mass is 374 g/mol. The van der Waals surface area contributed by atoms with Gasteiger partial charge in [-0.05, 0) is 36.8 Å². The molecule has 1 atom stereocenters. The number of imidazole rings is 1. The number of benzene rings is 1. The smallest absolute Gasteiger partial charge is 0.137 e. The molecule has 0 aliphatic carbocycles. The molecule has 4 aromatic rings. The van der Waals surface area contributed by atoms with E-state index in [-0.39, 0.29) is 6.61 Å². The fourth-order valence-electron chi connectivity index (χ4n) is 2.96. The number of hydrogen-bond acceptors (Lipinski definition) is 5. The summed E-state index contributed by atoms with van der Waals surface area (Å²) in [6.45, 7) is 1.96. The van der Waals surface area contributed by atoms with E-state index in [1.54, 1.807) is 6.92 Å². The van der Waals surface area contributed by atoms with Crippen molar-refractivity contribution in [3.05, 3.63) is 67.1 Å². The van der Waals surface area contributed by atoms with Crippen molar-refractivity contribution in [2.75, 3.05) is 19.0 Å². The first kappa shape index (κ1) is 18.0. The second-order valence-electron chi connectivity index (χ2n) is 6.68. The average Bonchev–Trinajstić information content (AvgIpc) is 3.16. The number of anilines is 1. The molecule has 0 saturated heterocycles. The standard InChI is InChI=1S/C22H22N4O2/c1-15(27)14-28-19-8-10-22-25-20(13-26(22)12-19)17-5-3-16(4-6-17)18-7-9-21(23-2)24-11-18/h3-13,15,27H,14H2,1-2H3,(H,23,24)/t15-/m0/s1. The molecule has 0 radical (unpaired) electrons. The number of aliphatic hydroxyl groups is 1. The molecular weight excluding hydrogens is 352 g/mol. The number of hydrogen-bond donors (Lipinski definition) is 2. The van der Waals surface area contributed by atoms with E-state index in [1.165, 1.54) is 0 Å². The number of nitrogens with one attached hydrogen (secondary N) is 1. The van der Waals surface area contributed by atoms with E-state index in [2.05, 4.69) is 39.6 Å². The summed E-state index contributed by atoms with van der Waals surface area (Å²) < 4.78 is 7.49. The third-order valence-corrected chi connectivity index (χ3v) is 4.45. The number of aromatic nitrogens is 3. The van der Waals surface area contributed by atoms with Gasteiger partial charge in [-0.25, -0.2) is 9.97 Å². The van der Waals surface area contributed by atoms with Crippen LogP contribution in [0.15, 0.2) is 67.1 Å². The van der Waals surface area contributed by atoms with Crippen LogP contribution in [0, 0.1) is 0 Å². The molecule has 3 heterocycles. The van der Waals surface area contributed by atoms with E-state index < -0.39 is 6.10 Å². The molecule has 6 nitrogen and oxygen atoms in total. The maximum absolute atomic E-state index is 9.36. The van der Waals surface area contributed by atoms with E-state index in [0.717, 1.165) is 33.8 Å². The van der Waals surface area contributed by atoms with Crippen molar-refractivity contribution in [2.45, 2.75) is 13.0 Å². The summed E-state index contributed by atoms with van der Waals surface area (Å²) in [5.74, 6) is 1.55. The Kier molecular flexibility index (Phi) is 4.95. The quantitative estimate of drug-likeness (QED) is 0.536. The lowest BCUT2D eigenvalue weighted by atomic mass is 10.0. The maximum atomic E-state index is 9.36. The van der Waals surface area contributed by atoms with Gasteiger partial charge in [0.1, 0.15) is 23.8 Å². The fourth-order valence-corrected chi connectivity index (χ4v) is 2.96. The van der Waals surface area contributed by atoms with E-state index in [0.29, 0.717) is 5.75 Å². The Morgan fingerprint density at radius 2 is 1.75 bits per heavy atom. The van der Waals surface area contributed by atoms with Gasteiger partial charge in [0, 0.05) is 30.6 Å². The van der Waals surface area contributed by atoms with Gasteiger partial charge in [-0.3, -0.25) is 0 Å². The molecule has 0 bridgehead atoms.